The molecule has 3 aromatic rings. The Balaban J connectivity index is 1.66. The van der Waals surface area contributed by atoms with Gasteiger partial charge in [-0.25, -0.2) is 0 Å². The predicted octanol–water partition coefficient (Wildman–Crippen LogP) is 4.99. The molecule has 2 N–H and O–H groups in total. The smallest absolute Gasteiger partial charge is 0.251 e. The van der Waals surface area contributed by atoms with E-state index in [1.165, 1.54) is 11.8 Å². The molecule has 0 bridgehead atoms. The van der Waals surface area contributed by atoms with Crippen molar-refractivity contribution < 1.29 is 14.3 Å². The van der Waals surface area contributed by atoms with Gasteiger partial charge in [-0.15, -0.1) is 10.2 Å². The Morgan fingerprint density at radius 1 is 1.12 bits per heavy atom. The largest absolute Gasteiger partial charge is 0.497 e. The van der Waals surface area contributed by atoms with E-state index in [-0.39, 0.29) is 29.5 Å². The van der Waals surface area contributed by atoms with Crippen molar-refractivity contribution in [3.8, 4) is 5.75 Å². The number of carbonyl (C=O) groups is 2. The number of benzene rings is 2. The molecule has 0 saturated heterocycles. The predicted molar refractivity (Wildman–Crippen MR) is 135 cm³/mol. The second-order valence-corrected chi connectivity index (χ2v) is 9.57. The zero-order valence-corrected chi connectivity index (χ0v) is 21.5. The highest BCUT2D eigenvalue weighted by Crippen LogP contribution is 2.27. The number of nitrogens with one attached hydrogen (secondary N) is 2. The lowest BCUT2D eigenvalue weighted by molar-refractivity contribution is -0.113. The summed E-state index contributed by atoms with van der Waals surface area (Å²) < 4.78 is 6.92. The van der Waals surface area contributed by atoms with Crippen molar-refractivity contribution in [1.82, 2.24) is 20.1 Å². The van der Waals surface area contributed by atoms with E-state index in [2.05, 4.69) is 20.8 Å². The Bertz CT molecular complexity index is 1170. The third-order valence-electron chi connectivity index (χ3n) is 4.99. The van der Waals surface area contributed by atoms with Gasteiger partial charge in [0.05, 0.1) is 29.6 Å². The van der Waals surface area contributed by atoms with Crippen LogP contribution in [0.5, 0.6) is 5.75 Å². The summed E-state index contributed by atoms with van der Waals surface area (Å²) in [4.78, 5) is 25.2. The number of anilines is 1. The lowest BCUT2D eigenvalue weighted by atomic mass is 10.0. The molecule has 0 spiro atoms. The van der Waals surface area contributed by atoms with E-state index in [1.807, 2.05) is 13.8 Å². The van der Waals surface area contributed by atoms with Crippen molar-refractivity contribution in [2.24, 2.45) is 13.0 Å². The number of aromatic nitrogens is 3. The van der Waals surface area contributed by atoms with E-state index >= 15 is 0 Å². The van der Waals surface area contributed by atoms with Gasteiger partial charge in [0.25, 0.3) is 5.91 Å². The summed E-state index contributed by atoms with van der Waals surface area (Å²) in [5, 5.41) is 15.7. The van der Waals surface area contributed by atoms with Gasteiger partial charge in [-0.05, 0) is 48.4 Å². The van der Waals surface area contributed by atoms with Crippen molar-refractivity contribution >= 4 is 52.5 Å². The fourth-order valence-electron chi connectivity index (χ4n) is 3.13. The van der Waals surface area contributed by atoms with Crippen LogP contribution in [0, 0.1) is 5.92 Å². The van der Waals surface area contributed by atoms with Crippen LogP contribution in [-0.4, -0.2) is 39.4 Å². The number of thioether (sulfide) groups is 1. The molecule has 0 radical (unpaired) electrons. The first-order valence-corrected chi connectivity index (χ1v) is 12.2. The average molecular weight is 522 g/mol. The molecule has 0 saturated carbocycles. The van der Waals surface area contributed by atoms with Gasteiger partial charge < -0.3 is 19.9 Å². The Labute approximate surface area is 212 Å². The number of halogens is 2. The molecular formula is C23H25Cl2N5O3S. The molecule has 0 aliphatic carbocycles. The number of rotatable bonds is 9. The van der Waals surface area contributed by atoms with Crippen molar-refractivity contribution in [2.45, 2.75) is 25.0 Å². The minimum absolute atomic E-state index is 0.0521. The van der Waals surface area contributed by atoms with Gasteiger partial charge in [-0.1, -0.05) is 48.8 Å². The van der Waals surface area contributed by atoms with Crippen molar-refractivity contribution in [3.05, 3.63) is 63.9 Å². The minimum atomic E-state index is -0.374. The first-order valence-electron chi connectivity index (χ1n) is 10.4. The molecule has 3 rings (SSSR count). The van der Waals surface area contributed by atoms with Gasteiger partial charge in [0.15, 0.2) is 11.0 Å². The third kappa shape index (κ3) is 6.43. The lowest BCUT2D eigenvalue weighted by Gasteiger charge is -2.21. The summed E-state index contributed by atoms with van der Waals surface area (Å²) in [6, 6.07) is 11.4. The van der Waals surface area contributed by atoms with Gasteiger partial charge in [0.1, 0.15) is 5.75 Å². The molecule has 11 heteroatoms. The number of ether oxygens (including phenoxy) is 1. The Hall–Kier alpha value is -2.75. The van der Waals surface area contributed by atoms with Crippen LogP contribution < -0.4 is 15.4 Å². The molecule has 0 aliphatic rings. The van der Waals surface area contributed by atoms with Crippen molar-refractivity contribution in [1.29, 1.82) is 0 Å². The molecule has 1 atom stereocenters. The first kappa shape index (κ1) is 25.9. The standard InChI is InChI=1S/C23H25Cl2N5O3S/c1-13(2)20(27-22(32)14-5-8-16(33-4)9-6-14)21-28-29-23(30(21)3)34-12-19(31)26-18-11-15(24)7-10-17(18)25/h5-11,13,20H,12H2,1-4H3,(H,26,31)(H,27,32)/t20-/m1/s1. The fourth-order valence-corrected chi connectivity index (χ4v) is 4.18. The topological polar surface area (TPSA) is 98.1 Å². The summed E-state index contributed by atoms with van der Waals surface area (Å²) in [6.07, 6.45) is 0. The van der Waals surface area contributed by atoms with Gasteiger partial charge >= 0.3 is 0 Å². The highest BCUT2D eigenvalue weighted by molar-refractivity contribution is 7.99. The van der Waals surface area contributed by atoms with Gasteiger partial charge in [0, 0.05) is 17.6 Å². The second kappa shape index (κ2) is 11.6. The summed E-state index contributed by atoms with van der Waals surface area (Å²) >= 11 is 13.3. The molecule has 0 aliphatic heterocycles. The zero-order chi connectivity index (χ0) is 24.8. The summed E-state index contributed by atoms with van der Waals surface area (Å²) in [5.74, 6) is 0.935. The average Bonchev–Trinajstić information content (AvgIpc) is 3.18. The van der Waals surface area contributed by atoms with Gasteiger partial charge in [0.2, 0.25) is 5.91 Å². The molecule has 34 heavy (non-hydrogen) atoms. The van der Waals surface area contributed by atoms with Crippen molar-refractivity contribution in [3.63, 3.8) is 0 Å². The number of hydrogen-bond acceptors (Lipinski definition) is 6. The van der Waals surface area contributed by atoms with E-state index < -0.39 is 0 Å². The molecular weight excluding hydrogens is 497 g/mol. The Morgan fingerprint density at radius 3 is 2.47 bits per heavy atom. The van der Waals surface area contributed by atoms with E-state index in [0.717, 1.165) is 0 Å². The van der Waals surface area contributed by atoms with Crippen LogP contribution in [0.4, 0.5) is 5.69 Å². The third-order valence-corrected chi connectivity index (χ3v) is 6.57. The zero-order valence-electron chi connectivity index (χ0n) is 19.1. The molecule has 8 nitrogen and oxygen atoms in total. The van der Waals surface area contributed by atoms with Crippen molar-refractivity contribution in [2.75, 3.05) is 18.2 Å². The molecule has 2 aromatic carbocycles. The molecule has 1 aromatic heterocycles. The maximum absolute atomic E-state index is 12.8. The highest BCUT2D eigenvalue weighted by Gasteiger charge is 2.25. The number of carbonyl (C=O) groups excluding carboxylic acids is 2. The van der Waals surface area contributed by atoms with Crippen LogP contribution in [0.15, 0.2) is 47.6 Å². The monoisotopic (exact) mass is 521 g/mol. The van der Waals surface area contributed by atoms with E-state index in [0.29, 0.717) is 38.0 Å². The van der Waals surface area contributed by atoms with E-state index in [1.54, 1.807) is 61.2 Å². The Morgan fingerprint density at radius 2 is 1.82 bits per heavy atom. The molecule has 2 amide bonds. The van der Waals surface area contributed by atoms with Crippen LogP contribution in [-0.2, 0) is 11.8 Å². The number of amides is 2. The highest BCUT2D eigenvalue weighted by atomic mass is 35.5. The summed E-state index contributed by atoms with van der Waals surface area (Å²) in [6.45, 7) is 3.98. The quantitative estimate of drug-likeness (QED) is 0.385. The fraction of sp³-hybridized carbons (Fsp3) is 0.304. The number of hydrogen-bond donors (Lipinski definition) is 2. The lowest BCUT2D eigenvalue weighted by Crippen LogP contribution is -2.33. The number of nitrogens with zero attached hydrogens (tertiary/aromatic N) is 3. The molecule has 0 unspecified atom stereocenters. The minimum Gasteiger partial charge on any atom is -0.497 e. The second-order valence-electron chi connectivity index (χ2n) is 7.78. The summed E-state index contributed by atoms with van der Waals surface area (Å²) in [7, 11) is 3.38. The van der Waals surface area contributed by atoms with Crippen LogP contribution in [0.3, 0.4) is 0 Å². The molecule has 180 valence electrons. The number of methoxy groups -OCH3 is 1. The Kier molecular flexibility index (Phi) is 8.82. The maximum atomic E-state index is 12.8. The van der Waals surface area contributed by atoms with Crippen LogP contribution in [0.25, 0.3) is 0 Å². The van der Waals surface area contributed by atoms with Crippen LogP contribution in [0.1, 0.15) is 36.1 Å². The summed E-state index contributed by atoms with van der Waals surface area (Å²) in [5.41, 5.74) is 0.958. The molecule has 0 fully saturated rings. The maximum Gasteiger partial charge on any atom is 0.251 e. The van der Waals surface area contributed by atoms with Crippen LogP contribution in [0.2, 0.25) is 10.0 Å². The van der Waals surface area contributed by atoms with Crippen LogP contribution >= 0.6 is 35.0 Å². The first-order chi connectivity index (χ1) is 16.2. The van der Waals surface area contributed by atoms with Gasteiger partial charge in [-0.3, -0.25) is 9.59 Å². The normalized spacial score (nSPS) is 11.9. The van der Waals surface area contributed by atoms with Gasteiger partial charge in [-0.2, -0.15) is 0 Å². The SMILES string of the molecule is COc1ccc(C(=O)N[C@@H](c2nnc(SCC(=O)Nc3cc(Cl)ccc3Cl)n2C)C(C)C)cc1. The van der Waals surface area contributed by atoms with E-state index in [4.69, 9.17) is 27.9 Å². The van der Waals surface area contributed by atoms with E-state index in [9.17, 15) is 9.59 Å². The molecule has 1 heterocycles.